The molecule has 0 saturated heterocycles. The van der Waals surface area contributed by atoms with Crippen LogP contribution in [0.5, 0.6) is 0 Å². The molecule has 3 heteroatoms. The molecular weight excluding hydrogens is 214 g/mol. The molecule has 3 nitrogen and oxygen atoms in total. The van der Waals surface area contributed by atoms with Crippen LogP contribution in [0.4, 0.5) is 0 Å². The van der Waals surface area contributed by atoms with Gasteiger partial charge in [-0.3, -0.25) is 0 Å². The number of carboxylic acid groups (broad SMARTS) is 1. The monoisotopic (exact) mass is 231 g/mol. The minimum Gasteiger partial charge on any atom is -0.478 e. The van der Waals surface area contributed by atoms with Crippen molar-refractivity contribution in [2.24, 2.45) is 0 Å². The zero-order chi connectivity index (χ0) is 13.1. The minimum atomic E-state index is -0.946. The van der Waals surface area contributed by atoms with Gasteiger partial charge < -0.3 is 5.11 Å². The fourth-order valence-corrected chi connectivity index (χ4v) is 1.67. The predicted molar refractivity (Wildman–Crippen MR) is 66.0 cm³/mol. The second-order valence-electron chi connectivity index (χ2n) is 4.71. The van der Waals surface area contributed by atoms with E-state index >= 15 is 0 Å². The molecule has 17 heavy (non-hydrogen) atoms. The number of nitrogens with zero attached hydrogens (tertiary/aromatic N) is 1. The van der Waals surface area contributed by atoms with Crippen molar-refractivity contribution in [3.8, 4) is 6.07 Å². The third-order valence-corrected chi connectivity index (χ3v) is 2.78. The zero-order valence-corrected chi connectivity index (χ0v) is 10.4. The van der Waals surface area contributed by atoms with E-state index in [0.29, 0.717) is 0 Å². The quantitative estimate of drug-likeness (QED) is 0.865. The van der Waals surface area contributed by atoms with Crippen LogP contribution >= 0.6 is 0 Å². The maximum atomic E-state index is 11.0. The van der Waals surface area contributed by atoms with Gasteiger partial charge in [0.2, 0.25) is 0 Å². The molecule has 0 atom stereocenters. The first-order chi connectivity index (χ1) is 7.90. The largest absolute Gasteiger partial charge is 0.478 e. The number of carboxylic acids is 1. The molecule has 1 N–H and O–H groups in total. The first kappa shape index (κ1) is 13.2. The van der Waals surface area contributed by atoms with Crippen LogP contribution in [0.2, 0.25) is 0 Å². The highest BCUT2D eigenvalue weighted by Crippen LogP contribution is 2.25. The number of rotatable bonds is 4. The smallest absolute Gasteiger partial charge is 0.335 e. The molecule has 0 unspecified atom stereocenters. The summed E-state index contributed by atoms with van der Waals surface area (Å²) in [5, 5.41) is 18.2. The summed E-state index contributed by atoms with van der Waals surface area (Å²) >= 11 is 0. The average Bonchev–Trinajstić information content (AvgIpc) is 2.29. The van der Waals surface area contributed by atoms with Gasteiger partial charge in [0, 0.05) is 0 Å². The third kappa shape index (κ3) is 3.07. The van der Waals surface area contributed by atoms with Gasteiger partial charge in [0.1, 0.15) is 0 Å². The van der Waals surface area contributed by atoms with E-state index in [1.807, 2.05) is 13.0 Å². The normalized spacial score (nSPS) is 10.9. The summed E-state index contributed by atoms with van der Waals surface area (Å²) in [7, 11) is 0. The number of hydrogen-bond acceptors (Lipinski definition) is 2. The van der Waals surface area contributed by atoms with Crippen LogP contribution in [0.25, 0.3) is 0 Å². The van der Waals surface area contributed by atoms with E-state index in [0.717, 1.165) is 24.0 Å². The van der Waals surface area contributed by atoms with Crippen molar-refractivity contribution >= 4 is 5.97 Å². The highest BCUT2D eigenvalue weighted by molar-refractivity contribution is 5.88. The summed E-state index contributed by atoms with van der Waals surface area (Å²) in [6.07, 6.45) is 1.78. The lowest BCUT2D eigenvalue weighted by atomic mass is 9.84. The van der Waals surface area contributed by atoms with E-state index in [2.05, 4.69) is 6.07 Å². The standard InChI is InChI=1S/C14H17NO2/c1-4-5-10-6-11(13(16)17)8-12(7-10)14(2,3)9-15/h6-8H,4-5H2,1-3H3,(H,16,17). The number of hydrogen-bond donors (Lipinski definition) is 1. The molecule has 0 saturated carbocycles. The van der Waals surface area contributed by atoms with Gasteiger partial charge in [-0.05, 0) is 43.5 Å². The third-order valence-electron chi connectivity index (χ3n) is 2.78. The Morgan fingerprint density at radius 1 is 1.41 bits per heavy atom. The van der Waals surface area contributed by atoms with Gasteiger partial charge in [-0.1, -0.05) is 19.4 Å². The van der Waals surface area contributed by atoms with Gasteiger partial charge in [0.15, 0.2) is 0 Å². The number of nitriles is 1. The summed E-state index contributed by atoms with van der Waals surface area (Å²) in [6, 6.07) is 7.40. The van der Waals surface area contributed by atoms with Crippen LogP contribution in [0.3, 0.4) is 0 Å². The molecule has 0 amide bonds. The second kappa shape index (κ2) is 5.01. The number of benzene rings is 1. The second-order valence-corrected chi connectivity index (χ2v) is 4.71. The molecular formula is C14H17NO2. The summed E-state index contributed by atoms with van der Waals surface area (Å²) in [5.74, 6) is -0.946. The number of aryl methyl sites for hydroxylation is 1. The molecule has 0 aliphatic rings. The maximum absolute atomic E-state index is 11.0. The molecule has 1 rings (SSSR count). The molecule has 0 bridgehead atoms. The Kier molecular flexibility index (Phi) is 3.90. The van der Waals surface area contributed by atoms with Crippen LogP contribution in [-0.4, -0.2) is 11.1 Å². The van der Waals surface area contributed by atoms with E-state index in [-0.39, 0.29) is 5.56 Å². The Balaban J connectivity index is 3.32. The number of carbonyl (C=O) groups is 1. The molecule has 0 aliphatic carbocycles. The molecule has 0 spiro atoms. The summed E-state index contributed by atoms with van der Waals surface area (Å²) in [6.45, 7) is 5.63. The fraction of sp³-hybridized carbons (Fsp3) is 0.429. The van der Waals surface area contributed by atoms with Crippen LogP contribution in [0.15, 0.2) is 18.2 Å². The van der Waals surface area contributed by atoms with Crippen molar-refractivity contribution in [1.82, 2.24) is 0 Å². The topological polar surface area (TPSA) is 61.1 Å². The van der Waals surface area contributed by atoms with Crippen molar-refractivity contribution in [3.05, 3.63) is 34.9 Å². The lowest BCUT2D eigenvalue weighted by Gasteiger charge is -2.17. The fourth-order valence-electron chi connectivity index (χ4n) is 1.67. The van der Waals surface area contributed by atoms with Crippen molar-refractivity contribution in [2.75, 3.05) is 0 Å². The van der Waals surface area contributed by atoms with Crippen LogP contribution in [0, 0.1) is 11.3 Å². The first-order valence-corrected chi connectivity index (χ1v) is 5.69. The van der Waals surface area contributed by atoms with Gasteiger partial charge in [0.05, 0.1) is 17.0 Å². The molecule has 1 aromatic rings. The molecule has 0 radical (unpaired) electrons. The Morgan fingerprint density at radius 3 is 2.53 bits per heavy atom. The number of aromatic carboxylic acids is 1. The molecule has 0 heterocycles. The SMILES string of the molecule is CCCc1cc(C(=O)O)cc(C(C)(C)C#N)c1. The van der Waals surface area contributed by atoms with Gasteiger partial charge in [-0.15, -0.1) is 0 Å². The molecule has 0 aromatic heterocycles. The summed E-state index contributed by atoms with van der Waals surface area (Å²) in [4.78, 5) is 11.0. The van der Waals surface area contributed by atoms with E-state index in [1.54, 1.807) is 26.0 Å². The Hall–Kier alpha value is -1.82. The van der Waals surface area contributed by atoms with Crippen LogP contribution in [0.1, 0.15) is 48.7 Å². The highest BCUT2D eigenvalue weighted by Gasteiger charge is 2.21. The van der Waals surface area contributed by atoms with Gasteiger partial charge in [-0.2, -0.15) is 5.26 Å². The van der Waals surface area contributed by atoms with Crippen molar-refractivity contribution in [1.29, 1.82) is 5.26 Å². The van der Waals surface area contributed by atoms with Crippen molar-refractivity contribution in [2.45, 2.75) is 39.0 Å². The van der Waals surface area contributed by atoms with E-state index in [1.165, 1.54) is 0 Å². The van der Waals surface area contributed by atoms with E-state index in [9.17, 15) is 4.79 Å². The first-order valence-electron chi connectivity index (χ1n) is 5.69. The molecule has 0 fully saturated rings. The summed E-state index contributed by atoms with van der Waals surface area (Å²) in [5.41, 5.74) is 1.34. The van der Waals surface area contributed by atoms with Crippen LogP contribution < -0.4 is 0 Å². The predicted octanol–water partition coefficient (Wildman–Crippen LogP) is 3.14. The van der Waals surface area contributed by atoms with E-state index in [4.69, 9.17) is 10.4 Å². The zero-order valence-electron chi connectivity index (χ0n) is 10.4. The van der Waals surface area contributed by atoms with Gasteiger partial charge >= 0.3 is 5.97 Å². The lowest BCUT2D eigenvalue weighted by Crippen LogP contribution is -2.15. The minimum absolute atomic E-state index is 0.259. The average molecular weight is 231 g/mol. The lowest BCUT2D eigenvalue weighted by molar-refractivity contribution is 0.0696. The van der Waals surface area contributed by atoms with E-state index < -0.39 is 11.4 Å². The van der Waals surface area contributed by atoms with Crippen molar-refractivity contribution in [3.63, 3.8) is 0 Å². The Labute approximate surface area is 102 Å². The Bertz CT molecular complexity index is 470. The van der Waals surface area contributed by atoms with Gasteiger partial charge in [-0.25, -0.2) is 4.79 Å². The summed E-state index contributed by atoms with van der Waals surface area (Å²) < 4.78 is 0. The molecule has 90 valence electrons. The molecule has 1 aromatic carbocycles. The maximum Gasteiger partial charge on any atom is 0.335 e. The highest BCUT2D eigenvalue weighted by atomic mass is 16.4. The molecule has 0 aliphatic heterocycles. The Morgan fingerprint density at radius 2 is 2.06 bits per heavy atom. The van der Waals surface area contributed by atoms with Crippen molar-refractivity contribution < 1.29 is 9.90 Å². The van der Waals surface area contributed by atoms with Gasteiger partial charge in [0.25, 0.3) is 0 Å². The van der Waals surface area contributed by atoms with Crippen LogP contribution in [-0.2, 0) is 11.8 Å².